The Kier molecular flexibility index (Phi) is 11.4. The normalized spacial score (nSPS) is 15.5. The van der Waals surface area contributed by atoms with Gasteiger partial charge in [-0.05, 0) is 55.2 Å². The smallest absolute Gasteiger partial charge is 0.150 e. The van der Waals surface area contributed by atoms with Crippen molar-refractivity contribution in [3.63, 3.8) is 0 Å². The van der Waals surface area contributed by atoms with E-state index < -0.39 is 15.9 Å². The number of hydrogen-bond acceptors (Lipinski definition) is 7. The third kappa shape index (κ3) is 7.47. The minimum Gasteiger partial charge on any atom is -0.387 e. The van der Waals surface area contributed by atoms with Gasteiger partial charge in [0.15, 0.2) is 0 Å². The predicted octanol–water partition coefficient (Wildman–Crippen LogP) is 3.49. The molecule has 1 atom stereocenters. The highest BCUT2D eigenvalue weighted by atomic mass is 32.2. The van der Waals surface area contributed by atoms with E-state index in [1.807, 2.05) is 50.0 Å². The second-order valence-electron chi connectivity index (χ2n) is 7.17. The summed E-state index contributed by atoms with van der Waals surface area (Å²) in [5.41, 5.74) is 4.62. The third-order valence-electron chi connectivity index (χ3n) is 5.12. The standard InChI is InChI=1S/C20H23N3O3S.CH3F.2CH2O/c1-13(24)19-12-18-17(6-9-21-20(18)23-19)14-2-4-15(5-3-14)22-16-7-10-27(25,26)11-8-16;3*1-2/h2-6,9,12-13,16,22,24H,7-8,10-11H2,1H3,(H,21,23);1H3;2*1H2. The van der Waals surface area contributed by atoms with Crippen LogP contribution in [0.3, 0.4) is 0 Å². The highest BCUT2D eigenvalue weighted by Crippen LogP contribution is 2.30. The summed E-state index contributed by atoms with van der Waals surface area (Å²) in [4.78, 5) is 23.5. The lowest BCUT2D eigenvalue weighted by atomic mass is 10.0. The summed E-state index contributed by atoms with van der Waals surface area (Å²) in [5.74, 6) is 0.522. The van der Waals surface area contributed by atoms with Crippen LogP contribution < -0.4 is 5.32 Å². The van der Waals surface area contributed by atoms with Crippen molar-refractivity contribution in [2.24, 2.45) is 0 Å². The number of aromatic nitrogens is 2. The Balaban J connectivity index is 0.000000841. The lowest BCUT2D eigenvalue weighted by Gasteiger charge is -2.24. The van der Waals surface area contributed by atoms with Crippen molar-refractivity contribution < 1.29 is 27.5 Å². The first kappa shape index (κ1) is 27.9. The largest absolute Gasteiger partial charge is 0.387 e. The molecule has 0 amide bonds. The van der Waals surface area contributed by atoms with Gasteiger partial charge >= 0.3 is 0 Å². The molecule has 8 nitrogen and oxygen atoms in total. The van der Waals surface area contributed by atoms with Gasteiger partial charge in [0, 0.05) is 29.0 Å². The number of H-pyrrole nitrogens is 1. The quantitative estimate of drug-likeness (QED) is 0.522. The molecule has 33 heavy (non-hydrogen) atoms. The SMILES string of the molecule is C=O.C=O.CC(O)c1cc2c(-c3ccc(NC4CCS(=O)(=O)CC4)cc3)ccnc2[nH]1.CF. The average molecular weight is 480 g/mol. The number of carbonyl (C=O) groups excluding carboxylic acids is 2. The van der Waals surface area contributed by atoms with Crippen LogP contribution in [0.4, 0.5) is 10.1 Å². The number of aromatic amines is 1. The number of rotatable bonds is 4. The number of sulfone groups is 1. The molecule has 1 aliphatic heterocycles. The molecule has 1 aromatic carbocycles. The molecule has 2 aromatic heterocycles. The van der Waals surface area contributed by atoms with Gasteiger partial charge in [-0.2, -0.15) is 0 Å². The molecular weight excluding hydrogens is 449 g/mol. The van der Waals surface area contributed by atoms with Gasteiger partial charge in [-0.15, -0.1) is 0 Å². The highest BCUT2D eigenvalue weighted by molar-refractivity contribution is 7.91. The van der Waals surface area contributed by atoms with E-state index in [0.717, 1.165) is 33.5 Å². The Hall–Kier alpha value is -3.11. The predicted molar refractivity (Wildman–Crippen MR) is 129 cm³/mol. The Labute approximate surface area is 193 Å². The fourth-order valence-electron chi connectivity index (χ4n) is 3.54. The van der Waals surface area contributed by atoms with Gasteiger partial charge in [-0.3, -0.25) is 4.39 Å². The Morgan fingerprint density at radius 2 is 1.67 bits per heavy atom. The summed E-state index contributed by atoms with van der Waals surface area (Å²) >= 11 is 0. The van der Waals surface area contributed by atoms with Crippen LogP contribution in [-0.4, -0.2) is 61.8 Å². The van der Waals surface area contributed by atoms with Crippen LogP contribution in [0.1, 0.15) is 31.6 Å². The lowest BCUT2D eigenvalue weighted by Crippen LogP contribution is -2.32. The molecule has 1 unspecified atom stereocenters. The van der Waals surface area contributed by atoms with E-state index in [1.54, 1.807) is 13.1 Å². The topological polar surface area (TPSA) is 129 Å². The van der Waals surface area contributed by atoms with E-state index in [-0.39, 0.29) is 17.5 Å². The fourth-order valence-corrected chi connectivity index (χ4v) is 5.03. The number of halogens is 1. The Bertz CT molecular complexity index is 1080. The molecule has 3 N–H and O–H groups in total. The van der Waals surface area contributed by atoms with Crippen LogP contribution in [0.5, 0.6) is 0 Å². The number of nitrogens with zero attached hydrogens (tertiary/aromatic N) is 1. The number of anilines is 1. The van der Waals surface area contributed by atoms with E-state index in [2.05, 4.69) is 15.3 Å². The molecular formula is C23H30FN3O5S. The Morgan fingerprint density at radius 1 is 1.09 bits per heavy atom. The first-order chi connectivity index (χ1) is 15.9. The molecule has 1 saturated heterocycles. The van der Waals surface area contributed by atoms with Gasteiger partial charge < -0.3 is 25.0 Å². The minimum absolute atomic E-state index is 0.199. The molecule has 3 aromatic rings. The van der Waals surface area contributed by atoms with E-state index in [1.165, 1.54) is 0 Å². The number of benzene rings is 1. The molecule has 0 radical (unpaired) electrons. The summed E-state index contributed by atoms with van der Waals surface area (Å²) < 4.78 is 32.6. The van der Waals surface area contributed by atoms with Crippen LogP contribution in [0, 0.1) is 0 Å². The number of fused-ring (bicyclic) bond motifs is 1. The number of pyridine rings is 1. The van der Waals surface area contributed by atoms with Crippen molar-refractivity contribution >= 4 is 40.1 Å². The molecule has 0 bridgehead atoms. The van der Waals surface area contributed by atoms with Crippen molar-refractivity contribution in [3.8, 4) is 11.1 Å². The number of aliphatic hydroxyl groups is 1. The van der Waals surface area contributed by atoms with Gasteiger partial charge in [0.25, 0.3) is 0 Å². The zero-order chi connectivity index (χ0) is 25.0. The number of aliphatic hydroxyl groups excluding tert-OH is 1. The maximum atomic E-state index is 11.5. The van der Waals surface area contributed by atoms with Crippen molar-refractivity contribution in [3.05, 3.63) is 48.3 Å². The van der Waals surface area contributed by atoms with E-state index in [0.29, 0.717) is 20.0 Å². The van der Waals surface area contributed by atoms with Crippen LogP contribution in [0.15, 0.2) is 42.6 Å². The van der Waals surface area contributed by atoms with Gasteiger partial charge in [0.1, 0.15) is 29.1 Å². The summed E-state index contributed by atoms with van der Waals surface area (Å²) in [6, 6.07) is 12.2. The molecule has 1 fully saturated rings. The minimum atomic E-state index is -2.84. The molecule has 1 aliphatic rings. The van der Waals surface area contributed by atoms with E-state index >= 15 is 0 Å². The van der Waals surface area contributed by atoms with Crippen molar-refractivity contribution in [1.29, 1.82) is 0 Å². The second-order valence-corrected chi connectivity index (χ2v) is 9.47. The summed E-state index contributed by atoms with van der Waals surface area (Å²) in [6.07, 6.45) is 2.49. The van der Waals surface area contributed by atoms with Crippen LogP contribution in [-0.2, 0) is 19.4 Å². The maximum absolute atomic E-state index is 11.5. The summed E-state index contributed by atoms with van der Waals surface area (Å²) in [5, 5.41) is 14.2. The van der Waals surface area contributed by atoms with Crippen LogP contribution >= 0.6 is 0 Å². The molecule has 0 spiro atoms. The molecule has 0 aliphatic carbocycles. The van der Waals surface area contributed by atoms with Gasteiger partial charge in [0.05, 0.1) is 24.8 Å². The molecule has 0 saturated carbocycles. The highest BCUT2D eigenvalue weighted by Gasteiger charge is 2.23. The first-order valence-corrected chi connectivity index (χ1v) is 11.9. The second kappa shape index (κ2) is 13.4. The third-order valence-corrected chi connectivity index (χ3v) is 6.84. The number of hydrogen-bond donors (Lipinski definition) is 3. The number of nitrogens with one attached hydrogen (secondary N) is 2. The summed E-state index contributed by atoms with van der Waals surface area (Å²) in [7, 11) is -2.34. The van der Waals surface area contributed by atoms with Gasteiger partial charge in [-0.1, -0.05) is 12.1 Å². The molecule has 180 valence electrons. The van der Waals surface area contributed by atoms with Crippen LogP contribution in [0.2, 0.25) is 0 Å². The summed E-state index contributed by atoms with van der Waals surface area (Å²) in [6.45, 7) is 5.72. The molecule has 4 rings (SSSR count). The zero-order valence-corrected chi connectivity index (χ0v) is 19.6. The van der Waals surface area contributed by atoms with Gasteiger partial charge in [-0.25, -0.2) is 13.4 Å². The zero-order valence-electron chi connectivity index (χ0n) is 18.8. The van der Waals surface area contributed by atoms with Gasteiger partial charge in [0.2, 0.25) is 0 Å². The Morgan fingerprint density at radius 3 is 2.21 bits per heavy atom. The monoisotopic (exact) mass is 479 g/mol. The van der Waals surface area contributed by atoms with E-state index in [9.17, 15) is 17.9 Å². The van der Waals surface area contributed by atoms with E-state index in [4.69, 9.17) is 9.59 Å². The first-order valence-electron chi connectivity index (χ1n) is 10.1. The molecule has 3 heterocycles. The van der Waals surface area contributed by atoms with Crippen molar-refractivity contribution in [2.45, 2.75) is 31.9 Å². The van der Waals surface area contributed by atoms with Crippen molar-refractivity contribution in [1.82, 2.24) is 9.97 Å². The lowest BCUT2D eigenvalue weighted by molar-refractivity contribution is -0.0987. The van der Waals surface area contributed by atoms with Crippen LogP contribution in [0.25, 0.3) is 22.2 Å². The maximum Gasteiger partial charge on any atom is 0.150 e. The number of carbonyl (C=O) groups is 2. The average Bonchev–Trinajstić information content (AvgIpc) is 3.30. The molecule has 10 heteroatoms. The number of alkyl halides is 1. The fraction of sp³-hybridized carbons (Fsp3) is 0.348. The van der Waals surface area contributed by atoms with Crippen molar-refractivity contribution in [2.75, 3.05) is 24.0 Å².